The van der Waals surface area contributed by atoms with E-state index < -0.39 is 11.2 Å². The van der Waals surface area contributed by atoms with Crippen LogP contribution in [0.5, 0.6) is 0 Å². The van der Waals surface area contributed by atoms with E-state index in [4.69, 9.17) is 5.73 Å². The fraction of sp³-hybridized carbons (Fsp3) is 0.462. The molecule has 0 aromatic carbocycles. The molecule has 2 aromatic heterocycles. The van der Waals surface area contributed by atoms with Gasteiger partial charge in [0.2, 0.25) is 0 Å². The smallest absolute Gasteiger partial charge is 0.330 e. The van der Waals surface area contributed by atoms with Crippen LogP contribution in [-0.2, 0) is 20.1 Å². The Hall–Kier alpha value is -2.51. The minimum absolute atomic E-state index is 0.152. The van der Waals surface area contributed by atoms with Crippen molar-refractivity contribution in [1.82, 2.24) is 19.3 Å². The molecule has 0 spiro atoms. The van der Waals surface area contributed by atoms with E-state index in [1.165, 1.54) is 4.57 Å². The van der Waals surface area contributed by atoms with E-state index in [9.17, 15) is 9.59 Å². The van der Waals surface area contributed by atoms with Gasteiger partial charge in [-0.2, -0.15) is 5.10 Å². The number of hydrogen-bond acceptors (Lipinski definition) is 5. The summed E-state index contributed by atoms with van der Waals surface area (Å²) in [6.45, 7) is 4.78. The Morgan fingerprint density at radius 3 is 2.71 bits per heavy atom. The zero-order valence-electron chi connectivity index (χ0n) is 12.4. The lowest BCUT2D eigenvalue weighted by atomic mass is 10.2. The van der Waals surface area contributed by atoms with Gasteiger partial charge in [0.05, 0.1) is 12.2 Å². The molecule has 0 saturated carbocycles. The van der Waals surface area contributed by atoms with Crippen LogP contribution in [0.15, 0.2) is 21.9 Å². The van der Waals surface area contributed by atoms with Crippen LogP contribution in [0.25, 0.3) is 0 Å². The standard InChI is InChI=1S/C13H20N6O2/c1-8(2)7-19-11(14)10(12(20)17-13(19)21)15-6-9-4-5-16-18(9)3/h4-5,8,15H,6-7,14H2,1-3H3,(H,17,20,21). The first-order chi connectivity index (χ1) is 9.90. The molecule has 0 saturated heterocycles. The number of nitrogen functional groups attached to an aromatic ring is 1. The van der Waals surface area contributed by atoms with Gasteiger partial charge in [0, 0.05) is 19.8 Å². The fourth-order valence-corrected chi connectivity index (χ4v) is 2.06. The second-order valence-corrected chi connectivity index (χ2v) is 5.32. The second-order valence-electron chi connectivity index (χ2n) is 5.32. The van der Waals surface area contributed by atoms with Crippen molar-refractivity contribution in [3.8, 4) is 0 Å². The number of anilines is 2. The van der Waals surface area contributed by atoms with Gasteiger partial charge in [0.25, 0.3) is 5.56 Å². The van der Waals surface area contributed by atoms with Gasteiger partial charge in [0.15, 0.2) is 0 Å². The minimum Gasteiger partial charge on any atom is -0.383 e. The highest BCUT2D eigenvalue weighted by Crippen LogP contribution is 2.13. The normalized spacial score (nSPS) is 11.0. The first-order valence-electron chi connectivity index (χ1n) is 6.73. The highest BCUT2D eigenvalue weighted by atomic mass is 16.2. The number of aromatic nitrogens is 4. The number of hydrogen-bond donors (Lipinski definition) is 3. The van der Waals surface area contributed by atoms with E-state index in [1.807, 2.05) is 27.0 Å². The van der Waals surface area contributed by atoms with E-state index in [2.05, 4.69) is 15.4 Å². The third-order valence-corrected chi connectivity index (χ3v) is 3.16. The maximum Gasteiger partial charge on any atom is 0.330 e. The molecule has 114 valence electrons. The molecule has 0 aliphatic heterocycles. The van der Waals surface area contributed by atoms with Crippen molar-refractivity contribution in [1.29, 1.82) is 0 Å². The van der Waals surface area contributed by atoms with Crippen molar-refractivity contribution in [2.45, 2.75) is 26.9 Å². The Morgan fingerprint density at radius 1 is 1.43 bits per heavy atom. The zero-order chi connectivity index (χ0) is 15.6. The summed E-state index contributed by atoms with van der Waals surface area (Å²) in [7, 11) is 1.81. The van der Waals surface area contributed by atoms with Crippen LogP contribution >= 0.6 is 0 Å². The average molecular weight is 292 g/mol. The molecule has 4 N–H and O–H groups in total. The van der Waals surface area contributed by atoms with Crippen LogP contribution in [0, 0.1) is 5.92 Å². The third-order valence-electron chi connectivity index (χ3n) is 3.16. The molecule has 0 bridgehead atoms. The van der Waals surface area contributed by atoms with Crippen molar-refractivity contribution < 1.29 is 0 Å². The van der Waals surface area contributed by atoms with Crippen LogP contribution in [0.3, 0.4) is 0 Å². The first kappa shape index (κ1) is 14.9. The molecular formula is C13H20N6O2. The van der Waals surface area contributed by atoms with Gasteiger partial charge in [-0.05, 0) is 12.0 Å². The molecule has 0 aliphatic carbocycles. The van der Waals surface area contributed by atoms with Gasteiger partial charge in [0.1, 0.15) is 11.5 Å². The van der Waals surface area contributed by atoms with Crippen LogP contribution in [-0.4, -0.2) is 19.3 Å². The van der Waals surface area contributed by atoms with E-state index >= 15 is 0 Å². The first-order valence-corrected chi connectivity index (χ1v) is 6.73. The quantitative estimate of drug-likeness (QED) is 0.725. The lowest BCUT2D eigenvalue weighted by Crippen LogP contribution is -2.35. The van der Waals surface area contributed by atoms with Crippen molar-refractivity contribution in [3.05, 3.63) is 38.8 Å². The van der Waals surface area contributed by atoms with Gasteiger partial charge >= 0.3 is 5.69 Å². The van der Waals surface area contributed by atoms with E-state index in [1.54, 1.807) is 10.9 Å². The molecule has 2 rings (SSSR count). The molecule has 0 aliphatic rings. The summed E-state index contributed by atoms with van der Waals surface area (Å²) >= 11 is 0. The molecule has 0 unspecified atom stereocenters. The molecule has 2 heterocycles. The largest absolute Gasteiger partial charge is 0.383 e. The third kappa shape index (κ3) is 3.15. The molecule has 2 aromatic rings. The Balaban J connectivity index is 2.33. The summed E-state index contributed by atoms with van der Waals surface area (Å²) < 4.78 is 3.07. The second kappa shape index (κ2) is 5.86. The van der Waals surface area contributed by atoms with Gasteiger partial charge in [-0.25, -0.2) is 4.79 Å². The molecule has 0 amide bonds. The predicted molar refractivity (Wildman–Crippen MR) is 81.1 cm³/mol. The molecule has 8 nitrogen and oxygen atoms in total. The van der Waals surface area contributed by atoms with E-state index in [0.29, 0.717) is 13.1 Å². The monoisotopic (exact) mass is 292 g/mol. The summed E-state index contributed by atoms with van der Waals surface area (Å²) in [5, 5.41) is 7.03. The number of rotatable bonds is 5. The molecular weight excluding hydrogens is 272 g/mol. The minimum atomic E-state index is -0.514. The lowest BCUT2D eigenvalue weighted by Gasteiger charge is -2.15. The average Bonchev–Trinajstić information content (AvgIpc) is 2.80. The number of aromatic amines is 1. The molecule has 0 fully saturated rings. The van der Waals surface area contributed by atoms with Crippen molar-refractivity contribution in [3.63, 3.8) is 0 Å². The SMILES string of the molecule is CC(C)Cn1c(N)c(NCc2ccnn2C)c(=O)[nH]c1=O. The van der Waals surface area contributed by atoms with Crippen molar-refractivity contribution >= 4 is 11.5 Å². The van der Waals surface area contributed by atoms with Crippen LogP contribution in [0.4, 0.5) is 11.5 Å². The number of aryl methyl sites for hydroxylation is 1. The molecule has 8 heteroatoms. The Kier molecular flexibility index (Phi) is 4.15. The Labute approximate surface area is 121 Å². The van der Waals surface area contributed by atoms with Crippen LogP contribution < -0.4 is 22.3 Å². The number of nitrogens with one attached hydrogen (secondary N) is 2. The number of nitrogens with zero attached hydrogens (tertiary/aromatic N) is 3. The predicted octanol–water partition coefficient (Wildman–Crippen LogP) is 0.120. The van der Waals surface area contributed by atoms with Gasteiger partial charge in [-0.15, -0.1) is 0 Å². The van der Waals surface area contributed by atoms with E-state index in [-0.39, 0.29) is 17.4 Å². The lowest BCUT2D eigenvalue weighted by molar-refractivity contribution is 0.508. The summed E-state index contributed by atoms with van der Waals surface area (Å²) in [6.07, 6.45) is 1.67. The van der Waals surface area contributed by atoms with Crippen LogP contribution in [0.2, 0.25) is 0 Å². The highest BCUT2D eigenvalue weighted by molar-refractivity contribution is 5.60. The fourth-order valence-electron chi connectivity index (χ4n) is 2.06. The van der Waals surface area contributed by atoms with Crippen molar-refractivity contribution in [2.75, 3.05) is 11.1 Å². The summed E-state index contributed by atoms with van der Waals surface area (Å²) in [5.41, 5.74) is 6.07. The summed E-state index contributed by atoms with van der Waals surface area (Å²) in [4.78, 5) is 26.0. The summed E-state index contributed by atoms with van der Waals surface area (Å²) in [5.74, 6) is 0.389. The van der Waals surface area contributed by atoms with E-state index in [0.717, 1.165) is 5.69 Å². The number of nitrogens with two attached hydrogens (primary N) is 1. The topological polar surface area (TPSA) is 111 Å². The van der Waals surface area contributed by atoms with Gasteiger partial charge in [-0.1, -0.05) is 13.8 Å². The molecule has 21 heavy (non-hydrogen) atoms. The Bertz CT molecular complexity index is 740. The van der Waals surface area contributed by atoms with Crippen molar-refractivity contribution in [2.24, 2.45) is 13.0 Å². The number of H-pyrrole nitrogens is 1. The zero-order valence-corrected chi connectivity index (χ0v) is 12.4. The van der Waals surface area contributed by atoms with Gasteiger partial charge < -0.3 is 11.1 Å². The van der Waals surface area contributed by atoms with Crippen LogP contribution in [0.1, 0.15) is 19.5 Å². The van der Waals surface area contributed by atoms with Gasteiger partial charge in [-0.3, -0.25) is 19.0 Å². The molecule has 0 atom stereocenters. The maximum atomic E-state index is 11.9. The summed E-state index contributed by atoms with van der Waals surface area (Å²) in [6, 6.07) is 1.83. The maximum absolute atomic E-state index is 11.9. The highest BCUT2D eigenvalue weighted by Gasteiger charge is 2.13. The Morgan fingerprint density at radius 2 is 2.14 bits per heavy atom. The molecule has 0 radical (unpaired) electrons.